The minimum Gasteiger partial charge on any atom is -0.456 e. The molecule has 1 atom stereocenters. The van der Waals surface area contributed by atoms with Crippen molar-refractivity contribution in [3.8, 4) is 16.8 Å². The van der Waals surface area contributed by atoms with Crippen LogP contribution in [0.25, 0.3) is 60.6 Å². The first-order chi connectivity index (χ1) is 24.8. The van der Waals surface area contributed by atoms with E-state index >= 15 is 0 Å². The van der Waals surface area contributed by atoms with Crippen LogP contribution < -0.4 is 5.32 Å². The number of nitrogens with zero attached hydrogens (tertiary/aromatic N) is 3. The zero-order valence-corrected chi connectivity index (χ0v) is 27.0. The van der Waals surface area contributed by atoms with Gasteiger partial charge < -0.3 is 14.3 Å². The van der Waals surface area contributed by atoms with Crippen LogP contribution in [0.4, 0.5) is 0 Å². The van der Waals surface area contributed by atoms with Gasteiger partial charge >= 0.3 is 0 Å². The van der Waals surface area contributed by atoms with Gasteiger partial charge in [-0.05, 0) is 53.1 Å². The molecule has 5 nitrogen and oxygen atoms in total. The molecule has 3 heterocycles. The van der Waals surface area contributed by atoms with Gasteiger partial charge in [0.1, 0.15) is 22.8 Å². The Bertz CT molecular complexity index is 2720. The number of furan rings is 1. The van der Waals surface area contributed by atoms with E-state index in [1.807, 2.05) is 36.4 Å². The van der Waals surface area contributed by atoms with Crippen molar-refractivity contribution in [1.82, 2.24) is 9.88 Å². The average molecular weight is 643 g/mol. The molecule has 0 aliphatic carbocycles. The standard InChI is InChI=1S/C45H30N4O/c1-2-11-30(12-3-1)43-46-44(31-23-21-29(22-24-31)34-16-10-20-41-42(34)37-15-6-9-19-40(37)50-41)48-45(47-43)32-25-27-33(28-26-32)49-38-17-7-4-13-35(38)36-14-5-8-18-39(36)49/h1-28,45H,(H,46,47,48). The predicted molar refractivity (Wildman–Crippen MR) is 205 cm³/mol. The summed E-state index contributed by atoms with van der Waals surface area (Å²) in [6, 6.07) is 59.2. The molecule has 2 aromatic heterocycles. The molecule has 1 unspecified atom stereocenters. The number of fused-ring (bicyclic) bond motifs is 6. The van der Waals surface area contributed by atoms with Crippen LogP contribution >= 0.6 is 0 Å². The maximum Gasteiger partial charge on any atom is 0.169 e. The van der Waals surface area contributed by atoms with E-state index in [1.54, 1.807) is 0 Å². The van der Waals surface area contributed by atoms with Gasteiger partial charge in [-0.1, -0.05) is 133 Å². The van der Waals surface area contributed by atoms with E-state index in [-0.39, 0.29) is 0 Å². The molecule has 0 saturated heterocycles. The van der Waals surface area contributed by atoms with Gasteiger partial charge in [-0.3, -0.25) is 0 Å². The Balaban J connectivity index is 1.03. The maximum absolute atomic E-state index is 6.16. The molecule has 5 heteroatoms. The van der Waals surface area contributed by atoms with Gasteiger partial charge in [-0.15, -0.1) is 0 Å². The molecular formula is C45H30N4O. The fourth-order valence-corrected chi connectivity index (χ4v) is 7.31. The molecule has 236 valence electrons. The van der Waals surface area contributed by atoms with Crippen molar-refractivity contribution in [3.63, 3.8) is 0 Å². The van der Waals surface area contributed by atoms with E-state index in [1.165, 1.54) is 21.8 Å². The lowest BCUT2D eigenvalue weighted by atomic mass is 9.98. The zero-order chi connectivity index (χ0) is 33.0. The van der Waals surface area contributed by atoms with Crippen LogP contribution in [0.2, 0.25) is 0 Å². The summed E-state index contributed by atoms with van der Waals surface area (Å²) in [5, 5.41) is 8.30. The molecule has 0 bridgehead atoms. The quantitative estimate of drug-likeness (QED) is 0.203. The fraction of sp³-hybridized carbons (Fsp3) is 0.0222. The van der Waals surface area contributed by atoms with Gasteiger partial charge in [-0.25, -0.2) is 9.98 Å². The molecule has 0 saturated carbocycles. The summed E-state index contributed by atoms with van der Waals surface area (Å²) in [5.74, 6) is 1.58. The lowest BCUT2D eigenvalue weighted by Crippen LogP contribution is -2.36. The lowest BCUT2D eigenvalue weighted by molar-refractivity contribution is 0.669. The summed E-state index contributed by atoms with van der Waals surface area (Å²) >= 11 is 0. The molecule has 0 amide bonds. The summed E-state index contributed by atoms with van der Waals surface area (Å²) < 4.78 is 8.50. The van der Waals surface area contributed by atoms with Crippen LogP contribution in [0.3, 0.4) is 0 Å². The Kier molecular flexibility index (Phi) is 6.49. The van der Waals surface area contributed by atoms with E-state index in [4.69, 9.17) is 14.4 Å². The minimum absolute atomic E-state index is 0.403. The highest BCUT2D eigenvalue weighted by atomic mass is 16.3. The van der Waals surface area contributed by atoms with Crippen LogP contribution in [0.15, 0.2) is 184 Å². The largest absolute Gasteiger partial charge is 0.456 e. The van der Waals surface area contributed by atoms with Gasteiger partial charge in [0.15, 0.2) is 6.17 Å². The van der Waals surface area contributed by atoms with Crippen molar-refractivity contribution in [2.24, 2.45) is 9.98 Å². The predicted octanol–water partition coefficient (Wildman–Crippen LogP) is 10.8. The van der Waals surface area contributed by atoms with E-state index in [9.17, 15) is 0 Å². The summed E-state index contributed by atoms with van der Waals surface area (Å²) in [7, 11) is 0. The van der Waals surface area contributed by atoms with E-state index in [0.717, 1.165) is 67.1 Å². The molecule has 50 heavy (non-hydrogen) atoms. The number of nitrogens with one attached hydrogen (secondary N) is 1. The maximum atomic E-state index is 6.16. The third kappa shape index (κ3) is 4.63. The summed E-state index contributed by atoms with van der Waals surface area (Å²) in [4.78, 5) is 10.3. The minimum atomic E-state index is -0.403. The Labute approximate surface area is 288 Å². The Hall–Kier alpha value is -6.72. The summed E-state index contributed by atoms with van der Waals surface area (Å²) in [6.07, 6.45) is -0.403. The first kappa shape index (κ1) is 28.3. The third-order valence-corrected chi connectivity index (χ3v) is 9.69. The lowest BCUT2D eigenvalue weighted by Gasteiger charge is -2.22. The second-order valence-corrected chi connectivity index (χ2v) is 12.6. The molecule has 0 radical (unpaired) electrons. The van der Waals surface area contributed by atoms with Crippen LogP contribution in [-0.2, 0) is 0 Å². The molecular weight excluding hydrogens is 613 g/mol. The fourth-order valence-electron chi connectivity index (χ4n) is 7.31. The molecule has 7 aromatic carbocycles. The number of rotatable bonds is 5. The first-order valence-corrected chi connectivity index (χ1v) is 16.9. The van der Waals surface area contributed by atoms with E-state index < -0.39 is 6.17 Å². The number of hydrogen-bond acceptors (Lipinski definition) is 4. The van der Waals surface area contributed by atoms with Crippen molar-refractivity contribution in [3.05, 3.63) is 187 Å². The number of amidine groups is 2. The highest BCUT2D eigenvalue weighted by molar-refractivity contribution is 6.16. The van der Waals surface area contributed by atoms with Gasteiger partial charge in [0.05, 0.1) is 11.0 Å². The smallest absolute Gasteiger partial charge is 0.169 e. The Morgan fingerprint density at radius 2 is 1.02 bits per heavy atom. The highest BCUT2D eigenvalue weighted by Gasteiger charge is 2.22. The van der Waals surface area contributed by atoms with Crippen LogP contribution in [0.5, 0.6) is 0 Å². The third-order valence-electron chi connectivity index (χ3n) is 9.69. The molecule has 0 spiro atoms. The monoisotopic (exact) mass is 642 g/mol. The number of aliphatic imine (C=N–C) groups is 2. The highest BCUT2D eigenvalue weighted by Crippen LogP contribution is 2.37. The Morgan fingerprint density at radius 1 is 0.460 bits per heavy atom. The number of hydrogen-bond donors (Lipinski definition) is 1. The zero-order valence-electron chi connectivity index (χ0n) is 27.0. The topological polar surface area (TPSA) is 54.8 Å². The summed E-state index contributed by atoms with van der Waals surface area (Å²) in [5.41, 5.74) is 10.6. The Morgan fingerprint density at radius 3 is 1.72 bits per heavy atom. The second kappa shape index (κ2) is 11.5. The van der Waals surface area contributed by atoms with E-state index in [0.29, 0.717) is 0 Å². The van der Waals surface area contributed by atoms with Crippen LogP contribution in [-0.4, -0.2) is 16.2 Å². The molecule has 1 N–H and O–H groups in total. The van der Waals surface area contributed by atoms with Crippen molar-refractivity contribution in [2.75, 3.05) is 0 Å². The summed E-state index contributed by atoms with van der Waals surface area (Å²) in [6.45, 7) is 0. The molecule has 9 aromatic rings. The molecule has 1 aliphatic rings. The van der Waals surface area contributed by atoms with Crippen molar-refractivity contribution >= 4 is 55.4 Å². The number of para-hydroxylation sites is 3. The van der Waals surface area contributed by atoms with Crippen LogP contribution in [0.1, 0.15) is 22.9 Å². The van der Waals surface area contributed by atoms with Gasteiger partial charge in [0.25, 0.3) is 0 Å². The van der Waals surface area contributed by atoms with Crippen molar-refractivity contribution < 1.29 is 4.42 Å². The van der Waals surface area contributed by atoms with E-state index in [2.05, 4.69) is 143 Å². The van der Waals surface area contributed by atoms with Crippen LogP contribution in [0, 0.1) is 0 Å². The molecule has 0 fully saturated rings. The van der Waals surface area contributed by atoms with Gasteiger partial charge in [-0.2, -0.15) is 0 Å². The normalized spacial score (nSPS) is 14.6. The second-order valence-electron chi connectivity index (χ2n) is 12.6. The molecule has 1 aliphatic heterocycles. The van der Waals surface area contributed by atoms with Gasteiger partial charge in [0, 0.05) is 38.4 Å². The SMILES string of the molecule is c1ccc(C2=NC(c3ccc(-n4c5ccccc5c5ccccc54)cc3)N=C(c3ccc(-c4cccc5oc6ccccc6c45)cc3)N2)cc1. The van der Waals surface area contributed by atoms with Crippen molar-refractivity contribution in [1.29, 1.82) is 0 Å². The van der Waals surface area contributed by atoms with Crippen molar-refractivity contribution in [2.45, 2.75) is 6.17 Å². The van der Waals surface area contributed by atoms with Gasteiger partial charge in [0.2, 0.25) is 0 Å². The molecule has 10 rings (SSSR count). The average Bonchev–Trinajstić information content (AvgIpc) is 3.74. The number of benzene rings is 7. The number of aromatic nitrogens is 1. The first-order valence-electron chi connectivity index (χ1n) is 16.9.